The third-order valence-electron chi connectivity index (χ3n) is 3.87. The predicted molar refractivity (Wildman–Crippen MR) is 87.0 cm³/mol. The molecule has 0 atom stereocenters. The van der Waals surface area contributed by atoms with Gasteiger partial charge in [-0.2, -0.15) is 0 Å². The lowest BCUT2D eigenvalue weighted by Crippen LogP contribution is -2.35. The van der Waals surface area contributed by atoms with E-state index in [2.05, 4.69) is 18.3 Å². The number of nitrogens with one attached hydrogen (secondary N) is 1. The summed E-state index contributed by atoms with van der Waals surface area (Å²) in [6.45, 7) is 3.74. The summed E-state index contributed by atoms with van der Waals surface area (Å²) < 4.78 is 0. The van der Waals surface area contributed by atoms with Crippen molar-refractivity contribution in [2.75, 3.05) is 23.3 Å². The van der Waals surface area contributed by atoms with Crippen LogP contribution in [-0.4, -0.2) is 19.0 Å². The average Bonchev–Trinajstić information content (AvgIpc) is 2.55. The van der Waals surface area contributed by atoms with Crippen molar-refractivity contribution in [3.8, 4) is 0 Å². The molecule has 0 saturated carbocycles. The Balaban J connectivity index is 1.86. The molecule has 3 rings (SSSR count). The smallest absolute Gasteiger partial charge is 0.258 e. The van der Waals surface area contributed by atoms with Crippen LogP contribution in [-0.2, 0) is 6.42 Å². The largest absolute Gasteiger partial charge is 0.385 e. The second kappa shape index (κ2) is 6.00. The maximum atomic E-state index is 12.7. The van der Waals surface area contributed by atoms with Crippen molar-refractivity contribution < 1.29 is 4.79 Å². The second-order valence-corrected chi connectivity index (χ2v) is 5.30. The minimum absolute atomic E-state index is 0.0881. The molecule has 1 aliphatic heterocycles. The quantitative estimate of drug-likeness (QED) is 0.929. The van der Waals surface area contributed by atoms with Crippen molar-refractivity contribution in [3.05, 3.63) is 59.7 Å². The molecular weight excluding hydrogens is 260 g/mol. The summed E-state index contributed by atoms with van der Waals surface area (Å²) in [5.41, 5.74) is 4.12. The van der Waals surface area contributed by atoms with Gasteiger partial charge in [-0.1, -0.05) is 18.2 Å². The van der Waals surface area contributed by atoms with Gasteiger partial charge in [0, 0.05) is 30.0 Å². The Bertz CT molecular complexity index is 634. The summed E-state index contributed by atoms with van der Waals surface area (Å²) in [4.78, 5) is 14.6. The molecule has 0 aliphatic carbocycles. The van der Waals surface area contributed by atoms with E-state index in [1.54, 1.807) is 0 Å². The molecule has 0 saturated heterocycles. The van der Waals surface area contributed by atoms with Gasteiger partial charge in [-0.3, -0.25) is 4.79 Å². The predicted octanol–water partition coefficient (Wildman–Crippen LogP) is 3.71. The van der Waals surface area contributed by atoms with Crippen LogP contribution in [0.25, 0.3) is 0 Å². The molecule has 2 aromatic carbocycles. The molecule has 0 spiro atoms. The van der Waals surface area contributed by atoms with Crippen LogP contribution in [0.3, 0.4) is 0 Å². The first-order valence-electron chi connectivity index (χ1n) is 7.53. The van der Waals surface area contributed by atoms with Crippen molar-refractivity contribution in [2.45, 2.75) is 19.8 Å². The van der Waals surface area contributed by atoms with Gasteiger partial charge in [0.05, 0.1) is 0 Å². The normalized spacial score (nSPS) is 13.7. The van der Waals surface area contributed by atoms with E-state index in [1.165, 1.54) is 5.56 Å². The highest BCUT2D eigenvalue weighted by Crippen LogP contribution is 2.28. The molecule has 3 nitrogen and oxygen atoms in total. The van der Waals surface area contributed by atoms with Crippen molar-refractivity contribution in [1.82, 2.24) is 0 Å². The molecule has 1 heterocycles. The molecule has 1 aliphatic rings. The molecule has 2 aromatic rings. The highest BCUT2D eigenvalue weighted by Gasteiger charge is 2.22. The number of anilines is 2. The van der Waals surface area contributed by atoms with Crippen molar-refractivity contribution in [2.24, 2.45) is 0 Å². The molecule has 0 aromatic heterocycles. The van der Waals surface area contributed by atoms with E-state index in [1.807, 2.05) is 47.4 Å². The van der Waals surface area contributed by atoms with E-state index in [9.17, 15) is 4.79 Å². The number of carbonyl (C=O) groups is 1. The first kappa shape index (κ1) is 13.7. The Morgan fingerprint density at radius 3 is 2.67 bits per heavy atom. The standard InChI is InChI=1S/C18H20N2O/c1-2-19-16-11-9-15(10-12-16)18(21)20-13-5-7-14-6-3-4-8-17(14)20/h3-4,6,8-12,19H,2,5,7,13H2,1H3. The maximum absolute atomic E-state index is 12.7. The number of hydrogen-bond acceptors (Lipinski definition) is 2. The topological polar surface area (TPSA) is 32.3 Å². The van der Waals surface area contributed by atoms with Gasteiger partial charge in [0.1, 0.15) is 0 Å². The maximum Gasteiger partial charge on any atom is 0.258 e. The van der Waals surface area contributed by atoms with Crippen LogP contribution in [0.2, 0.25) is 0 Å². The van der Waals surface area contributed by atoms with Gasteiger partial charge in [0.15, 0.2) is 0 Å². The van der Waals surface area contributed by atoms with E-state index < -0.39 is 0 Å². The molecule has 0 bridgehead atoms. The number of para-hydroxylation sites is 1. The summed E-state index contributed by atoms with van der Waals surface area (Å²) in [5, 5.41) is 3.24. The fraction of sp³-hybridized carbons (Fsp3) is 0.278. The van der Waals surface area contributed by atoms with Crippen molar-refractivity contribution in [1.29, 1.82) is 0 Å². The number of rotatable bonds is 3. The zero-order valence-electron chi connectivity index (χ0n) is 12.3. The molecule has 108 valence electrons. The summed E-state index contributed by atoms with van der Waals surface area (Å²) >= 11 is 0. The Morgan fingerprint density at radius 1 is 1.14 bits per heavy atom. The Morgan fingerprint density at radius 2 is 1.90 bits per heavy atom. The van der Waals surface area contributed by atoms with Crippen LogP contribution >= 0.6 is 0 Å². The zero-order chi connectivity index (χ0) is 14.7. The molecule has 21 heavy (non-hydrogen) atoms. The first-order chi connectivity index (χ1) is 10.3. The number of benzene rings is 2. The van der Waals surface area contributed by atoms with Crippen molar-refractivity contribution >= 4 is 17.3 Å². The van der Waals surface area contributed by atoms with Gasteiger partial charge in [0.25, 0.3) is 5.91 Å². The van der Waals surface area contributed by atoms with Crippen LogP contribution in [0.1, 0.15) is 29.3 Å². The van der Waals surface area contributed by atoms with Crippen LogP contribution in [0, 0.1) is 0 Å². The number of carbonyl (C=O) groups excluding carboxylic acids is 1. The fourth-order valence-corrected chi connectivity index (χ4v) is 2.84. The summed E-state index contributed by atoms with van der Waals surface area (Å²) in [6, 6.07) is 15.9. The molecular formula is C18H20N2O. The van der Waals surface area contributed by atoms with Gasteiger partial charge in [0.2, 0.25) is 0 Å². The number of hydrogen-bond donors (Lipinski definition) is 1. The fourth-order valence-electron chi connectivity index (χ4n) is 2.84. The third-order valence-corrected chi connectivity index (χ3v) is 3.87. The molecule has 0 fully saturated rings. The summed E-state index contributed by atoms with van der Waals surface area (Å²) in [7, 11) is 0. The highest BCUT2D eigenvalue weighted by molar-refractivity contribution is 6.06. The molecule has 0 radical (unpaired) electrons. The number of amides is 1. The lowest BCUT2D eigenvalue weighted by atomic mass is 10.0. The minimum atomic E-state index is 0.0881. The van der Waals surface area contributed by atoms with Crippen LogP contribution in [0.5, 0.6) is 0 Å². The van der Waals surface area contributed by atoms with E-state index in [0.29, 0.717) is 0 Å². The van der Waals surface area contributed by atoms with E-state index in [0.717, 1.165) is 42.9 Å². The highest BCUT2D eigenvalue weighted by atomic mass is 16.2. The monoisotopic (exact) mass is 280 g/mol. The average molecular weight is 280 g/mol. The van der Waals surface area contributed by atoms with Gasteiger partial charge >= 0.3 is 0 Å². The zero-order valence-corrected chi connectivity index (χ0v) is 12.3. The van der Waals surface area contributed by atoms with Gasteiger partial charge in [-0.05, 0) is 55.7 Å². The Kier molecular flexibility index (Phi) is 3.91. The number of fused-ring (bicyclic) bond motifs is 1. The van der Waals surface area contributed by atoms with E-state index in [-0.39, 0.29) is 5.91 Å². The summed E-state index contributed by atoms with van der Waals surface area (Å²) in [6.07, 6.45) is 2.08. The molecule has 3 heteroatoms. The van der Waals surface area contributed by atoms with Gasteiger partial charge < -0.3 is 10.2 Å². The lowest BCUT2D eigenvalue weighted by molar-refractivity contribution is 0.0985. The van der Waals surface area contributed by atoms with Crippen LogP contribution in [0.15, 0.2) is 48.5 Å². The lowest BCUT2D eigenvalue weighted by Gasteiger charge is -2.29. The molecule has 0 unspecified atom stereocenters. The summed E-state index contributed by atoms with van der Waals surface area (Å²) in [5.74, 6) is 0.0881. The number of aryl methyl sites for hydroxylation is 1. The number of nitrogens with zero attached hydrogens (tertiary/aromatic N) is 1. The van der Waals surface area contributed by atoms with Crippen molar-refractivity contribution in [3.63, 3.8) is 0 Å². The van der Waals surface area contributed by atoms with E-state index >= 15 is 0 Å². The molecule has 1 N–H and O–H groups in total. The van der Waals surface area contributed by atoms with Gasteiger partial charge in [-0.25, -0.2) is 0 Å². The first-order valence-corrected chi connectivity index (χ1v) is 7.53. The SMILES string of the molecule is CCNc1ccc(C(=O)N2CCCc3ccccc32)cc1. The van der Waals surface area contributed by atoms with E-state index in [4.69, 9.17) is 0 Å². The van der Waals surface area contributed by atoms with Gasteiger partial charge in [-0.15, -0.1) is 0 Å². The minimum Gasteiger partial charge on any atom is -0.385 e. The Hall–Kier alpha value is -2.29. The van der Waals surface area contributed by atoms with Crippen LogP contribution < -0.4 is 10.2 Å². The second-order valence-electron chi connectivity index (χ2n) is 5.30. The third kappa shape index (κ3) is 2.77. The molecule has 1 amide bonds. The van der Waals surface area contributed by atoms with Crippen LogP contribution in [0.4, 0.5) is 11.4 Å². The Labute approximate surface area is 125 Å².